The van der Waals surface area contributed by atoms with Gasteiger partial charge in [0.2, 0.25) is 5.88 Å². The van der Waals surface area contributed by atoms with E-state index in [1.54, 1.807) is 30.9 Å². The lowest BCUT2D eigenvalue weighted by molar-refractivity contribution is 0.0279. The Balaban J connectivity index is 1.09. The lowest BCUT2D eigenvalue weighted by atomic mass is 9.92. The molecule has 0 bridgehead atoms. The van der Waals surface area contributed by atoms with Crippen LogP contribution in [0.1, 0.15) is 104 Å². The molecule has 3 aromatic heterocycles. The molecule has 0 spiro atoms. The van der Waals surface area contributed by atoms with E-state index in [1.165, 1.54) is 0 Å². The summed E-state index contributed by atoms with van der Waals surface area (Å²) >= 11 is 0. The second-order valence-electron chi connectivity index (χ2n) is 11.8. The third kappa shape index (κ3) is 5.59. The molecule has 3 heterocycles. The van der Waals surface area contributed by atoms with Gasteiger partial charge in [0.05, 0.1) is 34.6 Å². The third-order valence-corrected chi connectivity index (χ3v) is 7.64. The Morgan fingerprint density at radius 1 is 1.10 bits per heavy atom. The molecule has 11 nitrogen and oxygen atoms in total. The third-order valence-electron chi connectivity index (χ3n) is 7.64. The van der Waals surface area contributed by atoms with Gasteiger partial charge in [-0.2, -0.15) is 5.10 Å². The Bertz CT molecular complexity index is 1390. The van der Waals surface area contributed by atoms with Crippen molar-refractivity contribution in [3.05, 3.63) is 41.3 Å². The van der Waals surface area contributed by atoms with Crippen LogP contribution in [0, 0.1) is 0 Å². The first-order valence-electron chi connectivity index (χ1n) is 13.9. The zero-order valence-corrected chi connectivity index (χ0v) is 22.4. The summed E-state index contributed by atoms with van der Waals surface area (Å²) in [5.74, 6) is 0.655. The van der Waals surface area contributed by atoms with Crippen LogP contribution in [-0.2, 0) is 0 Å². The molecule has 3 aromatic rings. The number of ether oxygens (including phenoxy) is 2. The first kappa shape index (κ1) is 25.7. The van der Waals surface area contributed by atoms with Gasteiger partial charge in [0.15, 0.2) is 0 Å². The molecule has 4 N–H and O–H groups in total. The zero-order chi connectivity index (χ0) is 27.3. The zero-order valence-electron chi connectivity index (χ0n) is 22.4. The van der Waals surface area contributed by atoms with E-state index in [0.29, 0.717) is 34.7 Å². The monoisotopic (exact) mass is 536 g/mol. The molecule has 208 valence electrons. The Labute approximate surface area is 226 Å². The van der Waals surface area contributed by atoms with Crippen LogP contribution in [-0.4, -0.2) is 60.7 Å². The van der Waals surface area contributed by atoms with E-state index in [1.807, 2.05) is 16.6 Å². The molecule has 3 aliphatic rings. The summed E-state index contributed by atoms with van der Waals surface area (Å²) in [6.07, 6.45) is 10.4. The molecular formula is C28H36N6O5. The van der Waals surface area contributed by atoms with Crippen molar-refractivity contribution in [3.8, 4) is 11.6 Å². The molecule has 0 aromatic carbocycles. The summed E-state index contributed by atoms with van der Waals surface area (Å²) in [5, 5.41) is 22.3. The number of aromatic nitrogens is 4. The molecule has 6 rings (SSSR count). The molecule has 11 heteroatoms. The molecule has 3 saturated carbocycles. The van der Waals surface area contributed by atoms with E-state index < -0.39 is 11.5 Å². The summed E-state index contributed by atoms with van der Waals surface area (Å²) in [4.78, 5) is 25.1. The number of carbonyl (C=O) groups excluding carboxylic acids is 2. The summed E-state index contributed by atoms with van der Waals surface area (Å²) < 4.78 is 15.6. The van der Waals surface area contributed by atoms with Crippen molar-refractivity contribution >= 4 is 17.3 Å². The number of rotatable bonds is 10. The van der Waals surface area contributed by atoms with E-state index in [-0.39, 0.29) is 24.7 Å². The van der Waals surface area contributed by atoms with Gasteiger partial charge in [-0.15, -0.1) is 5.10 Å². The topological polar surface area (TPSA) is 146 Å². The van der Waals surface area contributed by atoms with Gasteiger partial charge in [0.25, 0.3) is 11.8 Å². The molecule has 0 saturated heterocycles. The Hall–Kier alpha value is -3.60. The second-order valence-corrected chi connectivity index (χ2v) is 11.8. The van der Waals surface area contributed by atoms with Gasteiger partial charge in [0.1, 0.15) is 24.0 Å². The summed E-state index contributed by atoms with van der Waals surface area (Å²) in [6, 6.07) is 4.08. The molecule has 3 aliphatic carbocycles. The van der Waals surface area contributed by atoms with Crippen LogP contribution in [0.2, 0.25) is 0 Å². The van der Waals surface area contributed by atoms with Gasteiger partial charge in [0, 0.05) is 18.2 Å². The molecule has 39 heavy (non-hydrogen) atoms. The largest absolute Gasteiger partial charge is 0.489 e. The molecule has 0 atom stereocenters. The van der Waals surface area contributed by atoms with Crippen LogP contribution >= 0.6 is 0 Å². The number of fused-ring (bicyclic) bond motifs is 1. The standard InChI is InChI=1S/C28H36N6O5/c1-28(2,37)15-38-23-12-11-22-20(13-30-34(22)24(23)16-3-4-16)26(36)31-17-5-9-19(10-6-17)39-27-21(25(29)35)14-33(32-27)18-7-8-18/h11-14,16-19,37H,3-10,15H2,1-2H3,(H2,29,35)(H,31,36)/t17-,19-. The minimum atomic E-state index is -0.947. The van der Waals surface area contributed by atoms with E-state index in [0.717, 1.165) is 62.6 Å². The van der Waals surface area contributed by atoms with Crippen molar-refractivity contribution in [2.45, 2.75) is 94.9 Å². The highest BCUT2D eigenvalue weighted by Crippen LogP contribution is 2.44. The lowest BCUT2D eigenvalue weighted by Crippen LogP contribution is -2.39. The Morgan fingerprint density at radius 3 is 2.49 bits per heavy atom. The van der Waals surface area contributed by atoms with Gasteiger partial charge in [-0.1, -0.05) is 0 Å². The molecule has 0 unspecified atom stereocenters. The Morgan fingerprint density at radius 2 is 1.85 bits per heavy atom. The minimum absolute atomic E-state index is 0.0178. The van der Waals surface area contributed by atoms with Crippen LogP contribution in [0.25, 0.3) is 5.52 Å². The van der Waals surface area contributed by atoms with E-state index >= 15 is 0 Å². The predicted octanol–water partition coefficient (Wildman–Crippen LogP) is 3.11. The van der Waals surface area contributed by atoms with Crippen molar-refractivity contribution in [1.82, 2.24) is 24.7 Å². The number of primary amides is 1. The first-order chi connectivity index (χ1) is 18.7. The number of carbonyl (C=O) groups is 2. The minimum Gasteiger partial charge on any atom is -0.489 e. The van der Waals surface area contributed by atoms with Crippen molar-refractivity contribution in [2.24, 2.45) is 5.73 Å². The second kappa shape index (κ2) is 9.86. The average Bonchev–Trinajstić information content (AvgIpc) is 3.82. The smallest absolute Gasteiger partial charge is 0.255 e. The first-order valence-corrected chi connectivity index (χ1v) is 13.9. The van der Waals surface area contributed by atoms with Crippen LogP contribution in [0.15, 0.2) is 24.5 Å². The van der Waals surface area contributed by atoms with Gasteiger partial charge in [-0.25, -0.2) is 4.52 Å². The summed E-state index contributed by atoms with van der Waals surface area (Å²) in [6.45, 7) is 3.59. The quantitative estimate of drug-likeness (QED) is 0.361. The van der Waals surface area contributed by atoms with Crippen LogP contribution in [0.3, 0.4) is 0 Å². The summed E-state index contributed by atoms with van der Waals surface area (Å²) in [5.41, 5.74) is 7.14. The highest BCUT2D eigenvalue weighted by atomic mass is 16.5. The van der Waals surface area contributed by atoms with Crippen molar-refractivity contribution in [1.29, 1.82) is 0 Å². The van der Waals surface area contributed by atoms with Gasteiger partial charge in [-0.3, -0.25) is 14.3 Å². The Kier molecular flexibility index (Phi) is 6.49. The number of aliphatic hydroxyl groups is 1. The fourth-order valence-electron chi connectivity index (χ4n) is 5.24. The maximum atomic E-state index is 13.3. The van der Waals surface area contributed by atoms with E-state index in [4.69, 9.17) is 15.2 Å². The molecule has 2 amide bonds. The van der Waals surface area contributed by atoms with Crippen molar-refractivity contribution in [3.63, 3.8) is 0 Å². The molecule has 0 radical (unpaired) electrons. The number of hydrogen-bond acceptors (Lipinski definition) is 7. The fourth-order valence-corrected chi connectivity index (χ4v) is 5.24. The van der Waals surface area contributed by atoms with Crippen molar-refractivity contribution in [2.75, 3.05) is 6.61 Å². The van der Waals surface area contributed by atoms with E-state index in [9.17, 15) is 14.7 Å². The molecule has 3 fully saturated rings. The fraction of sp³-hybridized carbons (Fsp3) is 0.571. The van der Waals surface area contributed by atoms with Gasteiger partial charge in [-0.05, 0) is 77.3 Å². The highest BCUT2D eigenvalue weighted by molar-refractivity contribution is 6.01. The van der Waals surface area contributed by atoms with Crippen LogP contribution in [0.5, 0.6) is 11.6 Å². The molecule has 0 aliphatic heterocycles. The maximum Gasteiger partial charge on any atom is 0.255 e. The van der Waals surface area contributed by atoms with Crippen LogP contribution in [0.4, 0.5) is 0 Å². The highest BCUT2D eigenvalue weighted by Gasteiger charge is 2.33. The average molecular weight is 537 g/mol. The number of amides is 2. The number of nitrogens with two attached hydrogens (primary N) is 1. The van der Waals surface area contributed by atoms with Crippen LogP contribution < -0.4 is 20.5 Å². The van der Waals surface area contributed by atoms with E-state index in [2.05, 4.69) is 15.5 Å². The SMILES string of the molecule is CC(C)(O)COc1ccc2c(C(=O)N[C@H]3CC[C@H](Oc4nn(C5CC5)cc4C(N)=O)CC3)cnn2c1C1CC1. The van der Waals surface area contributed by atoms with Gasteiger partial charge < -0.3 is 25.6 Å². The number of pyridine rings is 1. The molecular weight excluding hydrogens is 500 g/mol. The lowest BCUT2D eigenvalue weighted by Gasteiger charge is -2.29. The van der Waals surface area contributed by atoms with Gasteiger partial charge >= 0.3 is 0 Å². The number of nitrogens with one attached hydrogen (secondary N) is 1. The number of hydrogen-bond donors (Lipinski definition) is 3. The maximum absolute atomic E-state index is 13.3. The normalized spacial score (nSPS) is 21.6. The van der Waals surface area contributed by atoms with Crippen molar-refractivity contribution < 1.29 is 24.2 Å². The summed E-state index contributed by atoms with van der Waals surface area (Å²) in [7, 11) is 0. The predicted molar refractivity (Wildman–Crippen MR) is 142 cm³/mol. The number of nitrogens with zero attached hydrogens (tertiary/aromatic N) is 4.